The molecule has 12 heavy (non-hydrogen) atoms. The van der Waals surface area contributed by atoms with Crippen LogP contribution in [-0.4, -0.2) is 26.0 Å². The molecule has 0 unspecified atom stereocenters. The van der Waals surface area contributed by atoms with E-state index in [2.05, 4.69) is 5.10 Å². The highest BCUT2D eigenvalue weighted by molar-refractivity contribution is 5.88. The van der Waals surface area contributed by atoms with Crippen LogP contribution in [0.5, 0.6) is 5.75 Å². The van der Waals surface area contributed by atoms with E-state index in [1.165, 1.54) is 4.68 Å². The largest absolute Gasteiger partial charge is 0.504 e. The van der Waals surface area contributed by atoms with Crippen LogP contribution in [-0.2, 0) is 6.54 Å². The predicted octanol–water partition coefficient (Wildman–Crippen LogP) is 0.697. The Morgan fingerprint density at radius 3 is 2.92 bits per heavy atom. The molecule has 1 heterocycles. The van der Waals surface area contributed by atoms with Gasteiger partial charge in [0.2, 0.25) is 0 Å². The minimum absolute atomic E-state index is 0.142. The summed E-state index contributed by atoms with van der Waals surface area (Å²) < 4.78 is 1.28. The molecule has 1 rings (SSSR count). The van der Waals surface area contributed by atoms with Gasteiger partial charge >= 0.3 is 5.97 Å². The fourth-order valence-electron chi connectivity index (χ4n) is 0.977. The molecule has 0 atom stereocenters. The summed E-state index contributed by atoms with van der Waals surface area (Å²) in [6.45, 7) is 2.41. The number of hydrogen-bond acceptors (Lipinski definition) is 3. The zero-order chi connectivity index (χ0) is 9.14. The van der Waals surface area contributed by atoms with Crippen molar-refractivity contribution >= 4 is 5.97 Å². The topological polar surface area (TPSA) is 75.3 Å². The van der Waals surface area contributed by atoms with Gasteiger partial charge in [-0.3, -0.25) is 4.68 Å². The van der Waals surface area contributed by atoms with Gasteiger partial charge in [0.25, 0.3) is 0 Å². The summed E-state index contributed by atoms with van der Waals surface area (Å²) >= 11 is 0. The second-order valence-electron chi connectivity index (χ2n) is 2.41. The fraction of sp³-hybridized carbons (Fsp3) is 0.429. The van der Waals surface area contributed by atoms with Crippen LogP contribution in [0, 0.1) is 0 Å². The molecule has 2 N–H and O–H groups in total. The minimum atomic E-state index is -1.15. The van der Waals surface area contributed by atoms with E-state index in [0.717, 1.165) is 12.6 Å². The third-order valence-corrected chi connectivity index (χ3v) is 1.46. The van der Waals surface area contributed by atoms with Crippen molar-refractivity contribution in [3.8, 4) is 5.75 Å². The van der Waals surface area contributed by atoms with Gasteiger partial charge < -0.3 is 10.2 Å². The standard InChI is InChI=1S/C7H10N2O3/c1-2-3-9-6(7(11)12)5(10)4-8-9/h4,10H,2-3H2,1H3,(H,11,12). The Morgan fingerprint density at radius 1 is 1.75 bits per heavy atom. The summed E-state index contributed by atoms with van der Waals surface area (Å²) in [6, 6.07) is 0. The first-order valence-corrected chi connectivity index (χ1v) is 3.65. The van der Waals surface area contributed by atoms with Crippen LogP contribution in [0.4, 0.5) is 0 Å². The molecule has 0 bridgehead atoms. The Hall–Kier alpha value is -1.52. The third kappa shape index (κ3) is 1.39. The summed E-state index contributed by atoms with van der Waals surface area (Å²) in [5, 5.41) is 21.4. The van der Waals surface area contributed by atoms with Gasteiger partial charge in [0.15, 0.2) is 11.4 Å². The van der Waals surface area contributed by atoms with Crippen molar-refractivity contribution < 1.29 is 15.0 Å². The van der Waals surface area contributed by atoms with Crippen molar-refractivity contribution in [3.63, 3.8) is 0 Å². The molecule has 0 aliphatic heterocycles. The molecule has 1 aromatic rings. The monoisotopic (exact) mass is 170 g/mol. The summed E-state index contributed by atoms with van der Waals surface area (Å²) in [6.07, 6.45) is 1.92. The Labute approximate surface area is 69.2 Å². The van der Waals surface area contributed by atoms with E-state index < -0.39 is 5.97 Å². The van der Waals surface area contributed by atoms with E-state index in [4.69, 9.17) is 10.2 Å². The van der Waals surface area contributed by atoms with Crippen LogP contribution in [0.15, 0.2) is 6.20 Å². The first-order chi connectivity index (χ1) is 5.66. The Bertz CT molecular complexity index is 293. The summed E-state index contributed by atoms with van der Waals surface area (Å²) in [7, 11) is 0. The Morgan fingerprint density at radius 2 is 2.42 bits per heavy atom. The molecule has 1 aromatic heterocycles. The van der Waals surface area contributed by atoms with Crippen LogP contribution in [0.3, 0.4) is 0 Å². The van der Waals surface area contributed by atoms with Gasteiger partial charge in [-0.15, -0.1) is 0 Å². The number of hydrogen-bond donors (Lipinski definition) is 2. The Balaban J connectivity index is 3.04. The number of carbonyl (C=O) groups is 1. The maximum Gasteiger partial charge on any atom is 0.358 e. The second-order valence-corrected chi connectivity index (χ2v) is 2.41. The van der Waals surface area contributed by atoms with Gasteiger partial charge in [-0.05, 0) is 6.42 Å². The van der Waals surface area contributed by atoms with Crippen LogP contribution in [0.25, 0.3) is 0 Å². The third-order valence-electron chi connectivity index (χ3n) is 1.46. The lowest BCUT2D eigenvalue weighted by molar-refractivity contribution is 0.0679. The molecule has 0 aliphatic rings. The number of nitrogens with zero attached hydrogens (tertiary/aromatic N) is 2. The number of carboxylic acid groups (broad SMARTS) is 1. The molecule has 0 saturated carbocycles. The molecule has 0 aromatic carbocycles. The molecular weight excluding hydrogens is 160 g/mol. The predicted molar refractivity (Wildman–Crippen MR) is 41.1 cm³/mol. The average Bonchev–Trinajstić information content (AvgIpc) is 2.32. The molecule has 0 spiro atoms. The molecule has 0 radical (unpaired) electrons. The summed E-state index contributed by atoms with van der Waals surface area (Å²) in [5.74, 6) is -1.44. The van der Waals surface area contributed by atoms with E-state index >= 15 is 0 Å². The number of aromatic nitrogens is 2. The molecule has 0 fully saturated rings. The van der Waals surface area contributed by atoms with Crippen molar-refractivity contribution in [2.75, 3.05) is 0 Å². The van der Waals surface area contributed by atoms with Gasteiger partial charge in [0.1, 0.15) is 0 Å². The highest BCUT2D eigenvalue weighted by atomic mass is 16.4. The van der Waals surface area contributed by atoms with Crippen LogP contribution >= 0.6 is 0 Å². The fourth-order valence-corrected chi connectivity index (χ4v) is 0.977. The minimum Gasteiger partial charge on any atom is -0.504 e. The normalized spacial score (nSPS) is 10.1. The first-order valence-electron chi connectivity index (χ1n) is 3.65. The molecule has 0 amide bonds. The summed E-state index contributed by atoms with van der Waals surface area (Å²) in [5.41, 5.74) is -0.142. The van der Waals surface area contributed by atoms with Crippen molar-refractivity contribution in [2.45, 2.75) is 19.9 Å². The molecule has 5 heteroatoms. The first kappa shape index (κ1) is 8.58. The Kier molecular flexibility index (Phi) is 2.32. The molecule has 0 aliphatic carbocycles. The van der Waals surface area contributed by atoms with Crippen molar-refractivity contribution in [1.29, 1.82) is 0 Å². The quantitative estimate of drug-likeness (QED) is 0.700. The SMILES string of the molecule is CCCn1ncc(O)c1C(=O)O. The number of rotatable bonds is 3. The number of aryl methyl sites for hydroxylation is 1. The van der Waals surface area contributed by atoms with Crippen LogP contribution in [0.2, 0.25) is 0 Å². The van der Waals surface area contributed by atoms with E-state index in [1.807, 2.05) is 6.92 Å². The van der Waals surface area contributed by atoms with Gasteiger partial charge in [-0.1, -0.05) is 6.92 Å². The molecule has 0 saturated heterocycles. The van der Waals surface area contributed by atoms with Crippen LogP contribution < -0.4 is 0 Å². The number of aromatic carboxylic acids is 1. The molecule has 5 nitrogen and oxygen atoms in total. The van der Waals surface area contributed by atoms with E-state index in [-0.39, 0.29) is 11.4 Å². The lowest BCUT2D eigenvalue weighted by Gasteiger charge is -2.00. The highest BCUT2D eigenvalue weighted by Gasteiger charge is 2.15. The maximum absolute atomic E-state index is 10.6. The highest BCUT2D eigenvalue weighted by Crippen LogP contribution is 2.15. The van der Waals surface area contributed by atoms with Gasteiger partial charge in [-0.25, -0.2) is 4.79 Å². The smallest absolute Gasteiger partial charge is 0.358 e. The number of carboxylic acids is 1. The molecular formula is C7H10N2O3. The van der Waals surface area contributed by atoms with E-state index in [9.17, 15) is 4.79 Å². The lowest BCUT2D eigenvalue weighted by atomic mass is 10.4. The van der Waals surface area contributed by atoms with Crippen LogP contribution in [0.1, 0.15) is 23.8 Å². The van der Waals surface area contributed by atoms with Gasteiger partial charge in [-0.2, -0.15) is 5.10 Å². The lowest BCUT2D eigenvalue weighted by Crippen LogP contribution is -2.09. The van der Waals surface area contributed by atoms with Crippen molar-refractivity contribution in [2.24, 2.45) is 0 Å². The van der Waals surface area contributed by atoms with Crippen molar-refractivity contribution in [1.82, 2.24) is 9.78 Å². The van der Waals surface area contributed by atoms with E-state index in [0.29, 0.717) is 6.54 Å². The number of aromatic hydroxyl groups is 1. The zero-order valence-corrected chi connectivity index (χ0v) is 6.69. The zero-order valence-electron chi connectivity index (χ0n) is 6.69. The summed E-state index contributed by atoms with van der Waals surface area (Å²) in [4.78, 5) is 10.6. The maximum atomic E-state index is 10.6. The van der Waals surface area contributed by atoms with Crippen molar-refractivity contribution in [3.05, 3.63) is 11.9 Å². The second kappa shape index (κ2) is 3.25. The molecule has 66 valence electrons. The average molecular weight is 170 g/mol. The van der Waals surface area contributed by atoms with Gasteiger partial charge in [0.05, 0.1) is 6.20 Å². The van der Waals surface area contributed by atoms with Gasteiger partial charge in [0, 0.05) is 6.54 Å². The van der Waals surface area contributed by atoms with E-state index in [1.54, 1.807) is 0 Å².